The Morgan fingerprint density at radius 3 is 2.82 bits per heavy atom. The summed E-state index contributed by atoms with van der Waals surface area (Å²) < 4.78 is 16.1. The quantitative estimate of drug-likeness (QED) is 0.806. The highest BCUT2D eigenvalue weighted by molar-refractivity contribution is 5.60. The zero-order valence-electron chi connectivity index (χ0n) is 10.0. The molecule has 0 aromatic heterocycles. The van der Waals surface area contributed by atoms with Gasteiger partial charge in [0, 0.05) is 24.1 Å². The van der Waals surface area contributed by atoms with Gasteiger partial charge in [0.2, 0.25) is 0 Å². The van der Waals surface area contributed by atoms with Crippen molar-refractivity contribution in [3.8, 4) is 17.2 Å². The van der Waals surface area contributed by atoms with Crippen molar-refractivity contribution in [3.05, 3.63) is 17.2 Å². The summed E-state index contributed by atoms with van der Waals surface area (Å²) in [4.78, 5) is 0. The summed E-state index contributed by atoms with van der Waals surface area (Å²) in [7, 11) is 3.16. The Hall–Kier alpha value is -1.46. The van der Waals surface area contributed by atoms with Gasteiger partial charge in [-0.1, -0.05) is 0 Å². The molecule has 0 radical (unpaired) electrons. The number of benzene rings is 1. The fourth-order valence-electron chi connectivity index (χ4n) is 2.10. The first-order chi connectivity index (χ1) is 8.22. The summed E-state index contributed by atoms with van der Waals surface area (Å²) in [5.74, 6) is 1.95. The molecule has 5 heteroatoms. The van der Waals surface area contributed by atoms with Crippen LogP contribution in [0.4, 0.5) is 0 Å². The molecular weight excluding hydrogens is 222 g/mol. The molecule has 17 heavy (non-hydrogen) atoms. The number of hydrogen-bond acceptors (Lipinski definition) is 5. The Morgan fingerprint density at radius 2 is 2.24 bits per heavy atom. The van der Waals surface area contributed by atoms with Crippen molar-refractivity contribution >= 4 is 0 Å². The van der Waals surface area contributed by atoms with Crippen LogP contribution in [0.2, 0.25) is 0 Å². The van der Waals surface area contributed by atoms with E-state index in [2.05, 4.69) is 0 Å². The second-order valence-corrected chi connectivity index (χ2v) is 3.86. The van der Waals surface area contributed by atoms with Gasteiger partial charge in [-0.15, -0.1) is 0 Å². The zero-order chi connectivity index (χ0) is 12.4. The summed E-state index contributed by atoms with van der Waals surface area (Å²) >= 11 is 0. The molecule has 0 bridgehead atoms. The minimum absolute atomic E-state index is 0.144. The van der Waals surface area contributed by atoms with Gasteiger partial charge in [0.15, 0.2) is 11.5 Å². The Bertz CT molecular complexity index is 419. The molecule has 94 valence electrons. The normalized spacial score (nSPS) is 15.1. The van der Waals surface area contributed by atoms with Crippen molar-refractivity contribution < 1.29 is 19.3 Å². The minimum atomic E-state index is -0.748. The standard InChI is InChI=1S/C12H17NO4/c1-15-10-5-8(9(14)6-13)11-7(3-4-17-11)12(10)16-2/h5,9,14H,3-4,6,13H2,1-2H3. The number of aliphatic hydroxyl groups excluding tert-OH is 1. The van der Waals surface area contributed by atoms with Crippen LogP contribution in [0.25, 0.3) is 0 Å². The predicted octanol–water partition coefficient (Wildman–Crippen LogP) is 0.631. The topological polar surface area (TPSA) is 73.9 Å². The first-order valence-corrected chi connectivity index (χ1v) is 5.51. The van der Waals surface area contributed by atoms with Gasteiger partial charge in [0.05, 0.1) is 26.9 Å². The van der Waals surface area contributed by atoms with Crippen LogP contribution in [0.1, 0.15) is 17.2 Å². The van der Waals surface area contributed by atoms with Crippen molar-refractivity contribution in [1.29, 1.82) is 0 Å². The smallest absolute Gasteiger partial charge is 0.167 e. The molecule has 1 aliphatic rings. The number of fused-ring (bicyclic) bond motifs is 1. The van der Waals surface area contributed by atoms with Gasteiger partial charge in [-0.2, -0.15) is 0 Å². The lowest BCUT2D eigenvalue weighted by molar-refractivity contribution is 0.181. The average molecular weight is 239 g/mol. The molecule has 0 amide bonds. The van der Waals surface area contributed by atoms with Gasteiger partial charge in [0.25, 0.3) is 0 Å². The van der Waals surface area contributed by atoms with E-state index in [9.17, 15) is 5.11 Å². The Balaban J connectivity index is 2.59. The van der Waals surface area contributed by atoms with Crippen LogP contribution in [0, 0.1) is 0 Å². The van der Waals surface area contributed by atoms with E-state index in [1.165, 1.54) is 0 Å². The Morgan fingerprint density at radius 1 is 1.47 bits per heavy atom. The second kappa shape index (κ2) is 4.81. The monoisotopic (exact) mass is 239 g/mol. The van der Waals surface area contributed by atoms with E-state index in [-0.39, 0.29) is 6.54 Å². The molecule has 0 saturated carbocycles. The van der Waals surface area contributed by atoms with Gasteiger partial charge in [-0.05, 0) is 6.07 Å². The SMILES string of the molecule is COc1cc(C(O)CN)c2c(c1OC)CCO2. The van der Waals surface area contributed by atoms with Crippen molar-refractivity contribution in [2.75, 3.05) is 27.4 Å². The van der Waals surface area contributed by atoms with Gasteiger partial charge < -0.3 is 25.1 Å². The second-order valence-electron chi connectivity index (χ2n) is 3.86. The third-order valence-electron chi connectivity index (χ3n) is 2.93. The van der Waals surface area contributed by atoms with Crippen LogP contribution in [0.5, 0.6) is 17.2 Å². The van der Waals surface area contributed by atoms with E-state index >= 15 is 0 Å². The fraction of sp³-hybridized carbons (Fsp3) is 0.500. The molecular formula is C12H17NO4. The summed E-state index contributed by atoms with van der Waals surface area (Å²) in [6, 6.07) is 1.72. The van der Waals surface area contributed by atoms with Crippen molar-refractivity contribution in [2.45, 2.75) is 12.5 Å². The first kappa shape index (κ1) is 12.0. The number of methoxy groups -OCH3 is 2. The third-order valence-corrected chi connectivity index (χ3v) is 2.93. The van der Waals surface area contributed by atoms with E-state index in [1.807, 2.05) is 0 Å². The highest BCUT2D eigenvalue weighted by Gasteiger charge is 2.27. The molecule has 2 rings (SSSR count). The lowest BCUT2D eigenvalue weighted by Crippen LogP contribution is -2.13. The molecule has 1 unspecified atom stereocenters. The van der Waals surface area contributed by atoms with Crippen molar-refractivity contribution in [2.24, 2.45) is 5.73 Å². The molecule has 5 nitrogen and oxygen atoms in total. The number of rotatable bonds is 4. The molecule has 0 fully saturated rings. The highest BCUT2D eigenvalue weighted by Crippen LogP contribution is 2.45. The van der Waals surface area contributed by atoms with Gasteiger partial charge in [-0.3, -0.25) is 0 Å². The van der Waals surface area contributed by atoms with Crippen molar-refractivity contribution in [1.82, 2.24) is 0 Å². The van der Waals surface area contributed by atoms with Crippen LogP contribution >= 0.6 is 0 Å². The van der Waals surface area contributed by atoms with Crippen LogP contribution in [-0.2, 0) is 6.42 Å². The maximum atomic E-state index is 9.88. The largest absolute Gasteiger partial charge is 0.493 e. The minimum Gasteiger partial charge on any atom is -0.493 e. The molecule has 1 atom stereocenters. The van der Waals surface area contributed by atoms with Gasteiger partial charge in [0.1, 0.15) is 5.75 Å². The van der Waals surface area contributed by atoms with Crippen LogP contribution in [0.3, 0.4) is 0 Å². The molecule has 0 aliphatic carbocycles. The molecule has 0 saturated heterocycles. The predicted molar refractivity (Wildman–Crippen MR) is 62.8 cm³/mol. The maximum Gasteiger partial charge on any atom is 0.167 e. The van der Waals surface area contributed by atoms with E-state index < -0.39 is 6.10 Å². The third kappa shape index (κ3) is 1.92. The molecule has 1 aromatic carbocycles. The van der Waals surface area contributed by atoms with Gasteiger partial charge in [-0.25, -0.2) is 0 Å². The maximum absolute atomic E-state index is 9.88. The summed E-state index contributed by atoms with van der Waals surface area (Å²) in [6.45, 7) is 0.731. The molecule has 0 spiro atoms. The highest BCUT2D eigenvalue weighted by atomic mass is 16.5. The van der Waals surface area contributed by atoms with Crippen LogP contribution in [0.15, 0.2) is 6.07 Å². The van der Waals surface area contributed by atoms with E-state index in [4.69, 9.17) is 19.9 Å². The van der Waals surface area contributed by atoms with E-state index in [1.54, 1.807) is 20.3 Å². The van der Waals surface area contributed by atoms with Crippen LogP contribution in [-0.4, -0.2) is 32.5 Å². The fourth-order valence-corrected chi connectivity index (χ4v) is 2.10. The lowest BCUT2D eigenvalue weighted by atomic mass is 10.0. The Kier molecular flexibility index (Phi) is 3.40. The number of nitrogens with two attached hydrogens (primary N) is 1. The average Bonchev–Trinajstić information content (AvgIpc) is 2.84. The first-order valence-electron chi connectivity index (χ1n) is 5.51. The summed E-state index contributed by atoms with van der Waals surface area (Å²) in [5, 5.41) is 9.88. The molecule has 3 N–H and O–H groups in total. The molecule has 1 heterocycles. The zero-order valence-corrected chi connectivity index (χ0v) is 10.0. The summed E-state index contributed by atoms with van der Waals surface area (Å²) in [6.07, 6.45) is 0.00153. The van der Waals surface area contributed by atoms with Crippen LogP contribution < -0.4 is 19.9 Å². The number of aliphatic hydroxyl groups is 1. The number of ether oxygens (including phenoxy) is 3. The molecule has 1 aromatic rings. The number of hydrogen-bond donors (Lipinski definition) is 2. The summed E-state index contributed by atoms with van der Waals surface area (Å²) in [5.41, 5.74) is 7.09. The Labute approximate surface area is 100 Å². The lowest BCUT2D eigenvalue weighted by Gasteiger charge is -2.17. The molecule has 1 aliphatic heterocycles. The van der Waals surface area contributed by atoms with Gasteiger partial charge >= 0.3 is 0 Å². The van der Waals surface area contributed by atoms with E-state index in [0.29, 0.717) is 29.4 Å². The van der Waals surface area contributed by atoms with E-state index in [0.717, 1.165) is 12.0 Å². The van der Waals surface area contributed by atoms with Crippen molar-refractivity contribution in [3.63, 3.8) is 0 Å².